The average molecular weight is 1580 g/mol. The molecule has 100 heavy (non-hydrogen) atoms. The Hall–Kier alpha value is -3.97. The molecule has 0 spiro atoms. The van der Waals surface area contributed by atoms with Crippen LogP contribution in [0.15, 0.2) is 197 Å². The number of hydrogen-bond acceptors (Lipinski definition) is 4. The predicted molar refractivity (Wildman–Crippen MR) is 429 cm³/mol. The third-order valence-corrected chi connectivity index (χ3v) is 35.2. The van der Waals surface area contributed by atoms with E-state index in [1.165, 1.54) is 79.6 Å². The number of thioether (sulfide) groups is 2. The maximum absolute atomic E-state index is 11.7. The molecule has 528 valence electrons. The molecule has 0 radical (unpaired) electrons. The number of hydrogen-bond donors (Lipinski definition) is 0. The Bertz CT molecular complexity index is 4170. The van der Waals surface area contributed by atoms with Crippen molar-refractivity contribution in [3.05, 3.63) is 253 Å². The maximum Gasteiger partial charge on any atom is -1.00 e. The summed E-state index contributed by atoms with van der Waals surface area (Å²) in [6.45, 7) is 58.2. The van der Waals surface area contributed by atoms with Crippen molar-refractivity contribution < 1.29 is 72.1 Å². The maximum atomic E-state index is 11.7. The number of benzene rings is 6. The summed E-state index contributed by atoms with van der Waals surface area (Å²) in [5.74, 6) is 1.87. The molecular formula is C91H114ClO2S2Si2Zr2-3. The van der Waals surface area contributed by atoms with Crippen molar-refractivity contribution in [2.45, 2.75) is 238 Å². The smallest absolute Gasteiger partial charge is 1.00 e. The minimum atomic E-state index is -1.06. The normalized spacial score (nSPS) is 19.8. The molecule has 0 bridgehead atoms. The van der Waals surface area contributed by atoms with Gasteiger partial charge in [0.2, 0.25) is 0 Å². The first-order chi connectivity index (χ1) is 45.8. The quantitative estimate of drug-likeness (QED) is 0.161. The number of fused-ring (bicyclic) bond motifs is 2. The molecule has 2 saturated heterocycles. The summed E-state index contributed by atoms with van der Waals surface area (Å²) in [4.78, 5) is 6.42. The second-order valence-electron chi connectivity index (χ2n) is 35.7. The van der Waals surface area contributed by atoms with E-state index in [0.717, 1.165) is 29.4 Å². The van der Waals surface area contributed by atoms with Crippen molar-refractivity contribution in [2.24, 2.45) is 11.8 Å². The monoisotopic (exact) mass is 1570 g/mol. The zero-order valence-corrected chi connectivity index (χ0v) is 74.8. The minimum Gasteiger partial charge on any atom is -1.00 e. The summed E-state index contributed by atoms with van der Waals surface area (Å²) in [5, 5.41) is 30.7. The predicted octanol–water partition coefficient (Wildman–Crippen LogP) is 22.7. The summed E-state index contributed by atoms with van der Waals surface area (Å²) in [6, 6.07) is 43.3. The minimum absolute atomic E-state index is 0. The van der Waals surface area contributed by atoms with Gasteiger partial charge in [-0.2, -0.15) is 0 Å². The van der Waals surface area contributed by atoms with Crippen molar-refractivity contribution in [1.82, 2.24) is 0 Å². The van der Waals surface area contributed by atoms with Crippen molar-refractivity contribution in [3.8, 4) is 33.8 Å². The second-order valence-corrected chi connectivity index (χ2v) is 49.9. The van der Waals surface area contributed by atoms with E-state index in [1.54, 1.807) is 103 Å². The topological polar surface area (TPSA) is 46.1 Å². The molecule has 4 unspecified atom stereocenters. The fraction of sp³-hybridized carbons (Fsp3) is 0.429. The zero-order valence-electron chi connectivity index (χ0n) is 65.5. The molecule has 4 atom stereocenters. The van der Waals surface area contributed by atoms with E-state index in [2.05, 4.69) is 312 Å². The fourth-order valence-electron chi connectivity index (χ4n) is 15.3. The summed E-state index contributed by atoms with van der Waals surface area (Å²) < 4.78 is 1.31. The number of allylic oxidation sites excluding steroid dienone is 14. The molecule has 6 aromatic rings. The molecule has 0 N–H and O–H groups in total. The van der Waals surface area contributed by atoms with Crippen LogP contribution in [0.3, 0.4) is 0 Å². The number of rotatable bonds is 5. The molecule has 0 aromatic heterocycles. The molecule has 14 rings (SSSR count). The molecule has 4 heterocycles. The van der Waals surface area contributed by atoms with Crippen molar-refractivity contribution in [2.75, 3.05) is 0 Å². The Morgan fingerprint density at radius 1 is 0.420 bits per heavy atom. The largest absolute Gasteiger partial charge is 1.00 e. The van der Waals surface area contributed by atoms with Gasteiger partial charge in [0.05, 0.1) is 0 Å². The molecule has 2 nitrogen and oxygen atoms in total. The van der Waals surface area contributed by atoms with E-state index < -0.39 is 16.1 Å². The van der Waals surface area contributed by atoms with E-state index in [4.69, 9.17) is 0 Å². The van der Waals surface area contributed by atoms with Gasteiger partial charge in [-0.15, -0.1) is 11.5 Å². The standard InChI is InChI=1S/C22H25.C21H23.2C14H22O.2C10H12SSi.ClH.2Zr/c1-5-7-16-14-18-8-6-9-20(21(18)15-16)17-10-12-19(13-11-17)22(2,3)4;1-5-15-13-17-7-6-8-19(20(17)14-15)16-9-11-18(12-10-16)21(2,3)4;2*1-13(2,3)10-7-8-12(15)11(9-10)14(4,5)6;2*1-6-10-9-7(11-6)4-5-8(9)12(10,2)3;;;/h6,8-15H,5,7H2,1-4H3;6-14H,5H2,1-4H3;2*7-9,15H,1-6H3;2*4-5,9H,1-3H3;1H;;/p-3. The summed E-state index contributed by atoms with van der Waals surface area (Å²) in [6.07, 6.45) is 18.0. The first-order valence-electron chi connectivity index (χ1n) is 36.4. The van der Waals surface area contributed by atoms with Crippen LogP contribution in [0.25, 0.3) is 34.4 Å². The molecule has 0 amide bonds. The molecule has 0 saturated carbocycles. The second kappa shape index (κ2) is 30.9. The van der Waals surface area contributed by atoms with Crippen LogP contribution in [-0.4, -0.2) is 16.1 Å². The number of halogens is 1. The van der Waals surface area contributed by atoms with Crippen LogP contribution in [0.5, 0.6) is 11.5 Å². The van der Waals surface area contributed by atoms with Crippen molar-refractivity contribution >= 4 is 51.8 Å². The molecule has 4 aliphatic heterocycles. The Morgan fingerprint density at radius 2 is 0.750 bits per heavy atom. The van der Waals surface area contributed by atoms with Crippen LogP contribution in [-0.2, 0) is 81.9 Å². The third-order valence-electron chi connectivity index (χ3n) is 21.4. The van der Waals surface area contributed by atoms with Crippen LogP contribution in [0, 0.1) is 11.8 Å². The van der Waals surface area contributed by atoms with Crippen molar-refractivity contribution in [1.29, 1.82) is 0 Å². The van der Waals surface area contributed by atoms with Gasteiger partial charge in [-0.1, -0.05) is 225 Å². The van der Waals surface area contributed by atoms with E-state index in [-0.39, 0.29) is 56.4 Å². The zero-order chi connectivity index (χ0) is 73.2. The van der Waals surface area contributed by atoms with Crippen LogP contribution >= 0.6 is 23.5 Å². The molecule has 2 fully saturated rings. The van der Waals surface area contributed by atoms with Gasteiger partial charge in [0, 0.05) is 11.8 Å². The van der Waals surface area contributed by atoms with Crippen LogP contribution in [0.1, 0.15) is 234 Å². The van der Waals surface area contributed by atoms with Gasteiger partial charge in [0.15, 0.2) is 0 Å². The third kappa shape index (κ3) is 17.3. The van der Waals surface area contributed by atoms with E-state index >= 15 is 0 Å². The molecule has 4 aliphatic carbocycles. The van der Waals surface area contributed by atoms with Gasteiger partial charge >= 0.3 is 306 Å². The van der Waals surface area contributed by atoms with Gasteiger partial charge < -0.3 is 22.6 Å². The van der Waals surface area contributed by atoms with Gasteiger partial charge in [0.1, 0.15) is 16.1 Å². The van der Waals surface area contributed by atoms with Crippen LogP contribution in [0.2, 0.25) is 26.2 Å². The van der Waals surface area contributed by atoms with Crippen LogP contribution in [0.4, 0.5) is 0 Å². The Morgan fingerprint density at radius 3 is 1.07 bits per heavy atom. The Balaban J connectivity index is 0.000000155. The van der Waals surface area contributed by atoms with E-state index in [9.17, 15) is 10.2 Å². The first kappa shape index (κ1) is 81.7. The van der Waals surface area contributed by atoms with Gasteiger partial charge in [-0.3, -0.25) is 0 Å². The van der Waals surface area contributed by atoms with Crippen LogP contribution < -0.4 is 22.6 Å². The summed E-state index contributed by atoms with van der Waals surface area (Å²) >= 11 is 7.23. The fourth-order valence-corrected chi connectivity index (χ4v) is 29.2. The van der Waals surface area contributed by atoms with Gasteiger partial charge in [-0.25, -0.2) is 0 Å². The SMILES string of the molecule is CC(C)(C)c1ccc([O-])c(C(C)(C)C)c1.CC(C)(C)c1ccc([O-])c(C(C)(C)C)c1.CC1=C2C3C(=CC=C3[Si]2(C)C)S1.CC1=C2C3C(=CC=C3[Si]2(C)C)S1.CCC1=Cc2c(-c3ccc(C(C)(C)C)cc3)cccc2[CH]1[Zr].CCCC1=Cc2c(-c3ccc(C(C)(C)C)cc3)cccc2[CH]1[Zr].[Cl-]. The van der Waals surface area contributed by atoms with Gasteiger partial charge in [0.25, 0.3) is 0 Å². The average Bonchev–Trinajstić information content (AvgIpc) is 1.54. The molecule has 8 aliphatic rings. The Kier molecular flexibility index (Phi) is 25.2. The first-order valence-corrected chi connectivity index (χ1v) is 46.9. The molecule has 9 heteroatoms. The summed E-state index contributed by atoms with van der Waals surface area (Å²) in [7, 11) is -2.13. The summed E-state index contributed by atoms with van der Waals surface area (Å²) in [5.41, 5.74) is 22.2. The van der Waals surface area contributed by atoms with E-state index in [1.807, 2.05) is 46.0 Å². The van der Waals surface area contributed by atoms with E-state index in [0.29, 0.717) is 7.25 Å². The van der Waals surface area contributed by atoms with Gasteiger partial charge in [-0.05, 0) is 66.3 Å². The molecule has 6 aromatic carbocycles. The van der Waals surface area contributed by atoms with Crippen molar-refractivity contribution in [3.63, 3.8) is 0 Å². The molecular weight excluding hydrogens is 1460 g/mol. The Labute approximate surface area is 653 Å².